The van der Waals surface area contributed by atoms with Gasteiger partial charge in [-0.15, -0.1) is 0 Å². The Hall–Kier alpha value is -2.08. The highest BCUT2D eigenvalue weighted by molar-refractivity contribution is 5.89. The molecule has 1 aliphatic rings. The number of fused-ring (bicyclic) bond motifs is 1. The van der Waals surface area contributed by atoms with Crippen LogP contribution in [-0.2, 0) is 9.59 Å². The minimum atomic E-state index is -1.16. The quantitative estimate of drug-likeness (QED) is 0.702. The van der Waals surface area contributed by atoms with Crippen molar-refractivity contribution in [2.75, 3.05) is 13.2 Å². The maximum Gasteiger partial charge on any atom is 0.326 e. The first-order chi connectivity index (χ1) is 9.13. The SMILES string of the molecule is O=C(N[C@@H](CCO)C(=O)O)C1COc2ccccc21. The van der Waals surface area contributed by atoms with Gasteiger partial charge in [0.25, 0.3) is 0 Å². The van der Waals surface area contributed by atoms with Gasteiger partial charge in [0.15, 0.2) is 0 Å². The average molecular weight is 265 g/mol. The number of carbonyl (C=O) groups excluding carboxylic acids is 1. The Bertz CT molecular complexity index is 488. The molecule has 0 aromatic heterocycles. The summed E-state index contributed by atoms with van der Waals surface area (Å²) in [5.74, 6) is -1.41. The van der Waals surface area contributed by atoms with Crippen LogP contribution in [-0.4, -0.2) is 41.3 Å². The topological polar surface area (TPSA) is 95.9 Å². The molecule has 1 unspecified atom stereocenters. The van der Waals surface area contributed by atoms with Crippen molar-refractivity contribution in [2.45, 2.75) is 18.4 Å². The molecule has 1 aromatic carbocycles. The molecule has 0 radical (unpaired) electrons. The van der Waals surface area contributed by atoms with Gasteiger partial charge in [-0.25, -0.2) is 4.79 Å². The molecular weight excluding hydrogens is 250 g/mol. The third-order valence-corrected chi connectivity index (χ3v) is 3.05. The summed E-state index contributed by atoms with van der Waals surface area (Å²) in [6.45, 7) is -0.0916. The van der Waals surface area contributed by atoms with Crippen molar-refractivity contribution in [3.63, 3.8) is 0 Å². The minimum Gasteiger partial charge on any atom is -0.492 e. The number of aliphatic carboxylic acids is 1. The molecule has 102 valence electrons. The number of para-hydroxylation sites is 1. The number of carboxylic acid groups (broad SMARTS) is 1. The molecule has 0 saturated heterocycles. The molecule has 6 heteroatoms. The van der Waals surface area contributed by atoms with Crippen LogP contribution in [0.4, 0.5) is 0 Å². The van der Waals surface area contributed by atoms with Crippen molar-refractivity contribution in [1.82, 2.24) is 5.32 Å². The van der Waals surface area contributed by atoms with Gasteiger partial charge in [0, 0.05) is 18.6 Å². The second kappa shape index (κ2) is 5.71. The summed E-state index contributed by atoms with van der Waals surface area (Å²) in [6.07, 6.45) is -0.0176. The van der Waals surface area contributed by atoms with Crippen LogP contribution in [0, 0.1) is 0 Å². The van der Waals surface area contributed by atoms with E-state index in [1.165, 1.54) is 0 Å². The fourth-order valence-electron chi connectivity index (χ4n) is 2.04. The van der Waals surface area contributed by atoms with Gasteiger partial charge in [-0.05, 0) is 6.07 Å². The van der Waals surface area contributed by atoms with Gasteiger partial charge >= 0.3 is 5.97 Å². The molecular formula is C13H15NO5. The first kappa shape index (κ1) is 13.4. The Morgan fingerprint density at radius 1 is 1.42 bits per heavy atom. The van der Waals surface area contributed by atoms with Crippen molar-refractivity contribution >= 4 is 11.9 Å². The third-order valence-electron chi connectivity index (χ3n) is 3.05. The Morgan fingerprint density at radius 3 is 2.84 bits per heavy atom. The zero-order chi connectivity index (χ0) is 13.8. The van der Waals surface area contributed by atoms with E-state index in [4.69, 9.17) is 14.9 Å². The van der Waals surface area contributed by atoms with E-state index in [1.54, 1.807) is 18.2 Å². The summed E-state index contributed by atoms with van der Waals surface area (Å²) in [5.41, 5.74) is 0.758. The van der Waals surface area contributed by atoms with E-state index in [0.29, 0.717) is 5.75 Å². The van der Waals surface area contributed by atoms with Gasteiger partial charge in [-0.2, -0.15) is 0 Å². The summed E-state index contributed by atoms with van der Waals surface area (Å²) in [6, 6.07) is 6.09. The first-order valence-electron chi connectivity index (χ1n) is 5.99. The molecule has 2 rings (SSSR count). The molecule has 6 nitrogen and oxygen atoms in total. The highest BCUT2D eigenvalue weighted by Crippen LogP contribution is 2.33. The number of benzene rings is 1. The van der Waals surface area contributed by atoms with E-state index < -0.39 is 23.8 Å². The lowest BCUT2D eigenvalue weighted by atomic mass is 10.00. The number of amides is 1. The van der Waals surface area contributed by atoms with Crippen LogP contribution in [0.3, 0.4) is 0 Å². The van der Waals surface area contributed by atoms with Crippen molar-refractivity contribution in [3.05, 3.63) is 29.8 Å². The molecule has 3 N–H and O–H groups in total. The maximum absolute atomic E-state index is 12.1. The second-order valence-corrected chi connectivity index (χ2v) is 4.31. The second-order valence-electron chi connectivity index (χ2n) is 4.31. The lowest BCUT2D eigenvalue weighted by Gasteiger charge is -2.16. The first-order valence-corrected chi connectivity index (χ1v) is 5.99. The number of hydrogen-bond acceptors (Lipinski definition) is 4. The van der Waals surface area contributed by atoms with Gasteiger partial charge in [0.05, 0.1) is 0 Å². The summed E-state index contributed by atoms with van der Waals surface area (Å²) < 4.78 is 5.38. The summed E-state index contributed by atoms with van der Waals surface area (Å²) >= 11 is 0. The van der Waals surface area contributed by atoms with Crippen molar-refractivity contribution in [2.24, 2.45) is 0 Å². The van der Waals surface area contributed by atoms with Crippen molar-refractivity contribution in [3.8, 4) is 5.75 Å². The van der Waals surface area contributed by atoms with Gasteiger partial charge in [-0.3, -0.25) is 4.79 Å². The predicted octanol–water partition coefficient (Wildman–Crippen LogP) is 0.114. The molecule has 0 spiro atoms. The van der Waals surface area contributed by atoms with Crippen LogP contribution in [0.5, 0.6) is 5.75 Å². The van der Waals surface area contributed by atoms with Crippen molar-refractivity contribution < 1.29 is 24.5 Å². The predicted molar refractivity (Wildman–Crippen MR) is 65.9 cm³/mol. The zero-order valence-electron chi connectivity index (χ0n) is 10.2. The lowest BCUT2D eigenvalue weighted by molar-refractivity contribution is -0.142. The number of ether oxygens (including phenoxy) is 1. The molecule has 2 atom stereocenters. The molecule has 19 heavy (non-hydrogen) atoms. The summed E-state index contributed by atoms with van der Waals surface area (Å²) in [4.78, 5) is 23.0. The number of carboxylic acids is 1. The maximum atomic E-state index is 12.1. The van der Waals surface area contributed by atoms with Gasteiger partial charge in [0.1, 0.15) is 24.3 Å². The van der Waals surface area contributed by atoms with E-state index in [-0.39, 0.29) is 19.6 Å². The fourth-order valence-corrected chi connectivity index (χ4v) is 2.04. The van der Waals surface area contributed by atoms with E-state index >= 15 is 0 Å². The van der Waals surface area contributed by atoms with Crippen LogP contribution >= 0.6 is 0 Å². The summed E-state index contributed by atoms with van der Waals surface area (Å²) in [5, 5.41) is 20.1. The number of rotatable bonds is 5. The Kier molecular flexibility index (Phi) is 4.01. The highest BCUT2D eigenvalue weighted by Gasteiger charge is 2.32. The van der Waals surface area contributed by atoms with Gasteiger partial charge in [-0.1, -0.05) is 18.2 Å². The molecule has 1 amide bonds. The minimum absolute atomic E-state index is 0.0176. The molecule has 0 bridgehead atoms. The largest absolute Gasteiger partial charge is 0.492 e. The molecule has 1 aliphatic heterocycles. The zero-order valence-corrected chi connectivity index (χ0v) is 10.2. The molecule has 1 heterocycles. The molecule has 0 fully saturated rings. The van der Waals surface area contributed by atoms with Gasteiger partial charge < -0.3 is 20.3 Å². The van der Waals surface area contributed by atoms with E-state index in [2.05, 4.69) is 5.32 Å². The van der Waals surface area contributed by atoms with Crippen molar-refractivity contribution in [1.29, 1.82) is 0 Å². The Balaban J connectivity index is 2.07. The van der Waals surface area contributed by atoms with Crippen LogP contribution in [0.25, 0.3) is 0 Å². The molecule has 0 saturated carbocycles. The standard InChI is InChI=1S/C13H15NO5/c15-6-5-10(13(17)18)14-12(16)9-7-19-11-4-2-1-3-8(9)11/h1-4,9-10,15H,5-7H2,(H,14,16)(H,17,18)/t9?,10-/m0/s1. The smallest absolute Gasteiger partial charge is 0.326 e. The van der Waals surface area contributed by atoms with Crippen LogP contribution in [0.1, 0.15) is 17.9 Å². The number of hydrogen-bond donors (Lipinski definition) is 3. The Labute approximate surface area is 110 Å². The van der Waals surface area contributed by atoms with E-state index in [9.17, 15) is 9.59 Å². The van der Waals surface area contributed by atoms with Gasteiger partial charge in [0.2, 0.25) is 5.91 Å². The third kappa shape index (κ3) is 2.85. The molecule has 0 aliphatic carbocycles. The van der Waals surface area contributed by atoms with E-state index in [1.807, 2.05) is 6.07 Å². The number of aliphatic hydroxyl groups is 1. The number of carbonyl (C=O) groups is 2. The fraction of sp³-hybridized carbons (Fsp3) is 0.385. The number of nitrogens with one attached hydrogen (secondary N) is 1. The van der Waals surface area contributed by atoms with Crippen LogP contribution in [0.2, 0.25) is 0 Å². The lowest BCUT2D eigenvalue weighted by Crippen LogP contribution is -2.43. The summed E-state index contributed by atoms with van der Waals surface area (Å²) in [7, 11) is 0. The average Bonchev–Trinajstić information content (AvgIpc) is 2.81. The normalized spacial score (nSPS) is 18.3. The highest BCUT2D eigenvalue weighted by atomic mass is 16.5. The molecule has 1 aromatic rings. The Morgan fingerprint density at radius 2 is 2.16 bits per heavy atom. The number of aliphatic hydroxyl groups excluding tert-OH is 1. The monoisotopic (exact) mass is 265 g/mol. The van der Waals surface area contributed by atoms with E-state index in [0.717, 1.165) is 5.56 Å². The van der Waals surface area contributed by atoms with Crippen LogP contribution in [0.15, 0.2) is 24.3 Å². The van der Waals surface area contributed by atoms with Crippen LogP contribution < -0.4 is 10.1 Å².